The van der Waals surface area contributed by atoms with Crippen molar-refractivity contribution >= 4 is 37.3 Å². The molecule has 4 nitrogen and oxygen atoms in total. The molecule has 0 aliphatic carbocycles. The van der Waals surface area contributed by atoms with Gasteiger partial charge < -0.3 is 5.11 Å². The number of hydrogen-bond donors (Lipinski definition) is 1. The monoisotopic (exact) mass is 408 g/mol. The average Bonchev–Trinajstić information content (AvgIpc) is 2.38. The van der Waals surface area contributed by atoms with Crippen LogP contribution in [-0.4, -0.2) is 42.4 Å². The van der Waals surface area contributed by atoms with Crippen molar-refractivity contribution in [3.63, 3.8) is 0 Å². The van der Waals surface area contributed by atoms with Crippen LogP contribution in [0.5, 0.6) is 0 Å². The molecule has 5 heteroatoms. The second kappa shape index (κ2) is 14.5. The maximum absolute atomic E-state index is 10.4. The van der Waals surface area contributed by atoms with E-state index < -0.39 is 43.2 Å². The number of carboxylic acid groups (broad SMARTS) is 1. The van der Waals surface area contributed by atoms with Gasteiger partial charge in [0.2, 0.25) is 0 Å². The molecule has 0 saturated heterocycles. The van der Waals surface area contributed by atoms with E-state index in [4.69, 9.17) is 5.11 Å². The molecule has 0 amide bonds. The predicted molar refractivity (Wildman–Crippen MR) is 89.5 cm³/mol. The van der Waals surface area contributed by atoms with Crippen LogP contribution in [0.2, 0.25) is 13.3 Å². The van der Waals surface area contributed by atoms with Crippen molar-refractivity contribution in [2.75, 3.05) is 0 Å². The first-order valence-electron chi connectivity index (χ1n) is 8.05. The van der Waals surface area contributed by atoms with Gasteiger partial charge in [0, 0.05) is 0 Å². The fourth-order valence-electron chi connectivity index (χ4n) is 2.17. The van der Waals surface area contributed by atoms with E-state index in [0.717, 1.165) is 13.8 Å². The van der Waals surface area contributed by atoms with Crippen LogP contribution in [0, 0.1) is 5.92 Å². The van der Waals surface area contributed by atoms with Gasteiger partial charge in [-0.2, -0.15) is 0 Å². The van der Waals surface area contributed by atoms with Crippen molar-refractivity contribution in [3.8, 4) is 0 Å². The Morgan fingerprint density at radius 1 is 0.905 bits per heavy atom. The first-order chi connectivity index (χ1) is 9.81. The van der Waals surface area contributed by atoms with Crippen LogP contribution in [0.1, 0.15) is 60.3 Å². The Kier molecular flexibility index (Phi) is 15.8. The van der Waals surface area contributed by atoms with Crippen LogP contribution in [-0.2, 0) is 14.4 Å². The zero-order chi connectivity index (χ0) is 16.8. The van der Waals surface area contributed by atoms with Gasteiger partial charge in [0.1, 0.15) is 0 Å². The number of hydrogen-bond acceptors (Lipinski definition) is 3. The fraction of sp³-hybridized carbons (Fsp3) is 0.812. The molecule has 0 saturated carbocycles. The van der Waals surface area contributed by atoms with E-state index in [0.29, 0.717) is 0 Å². The summed E-state index contributed by atoms with van der Waals surface area (Å²) in [4.78, 5) is 31.0. The molecule has 0 rings (SSSR count). The van der Waals surface area contributed by atoms with Crippen molar-refractivity contribution in [1.82, 2.24) is 0 Å². The standard InChI is InChI=1S/C6H8O4.2C4H9.C2H5.Sn.H/c1-3(7)5(4(2)8)6(9)10;2*1-3-4-2;1-2;;/h5H,1-2H3,(H,9,10);2*1,3-4H2,2H3;1H2,2H3;;. The van der Waals surface area contributed by atoms with Crippen molar-refractivity contribution < 1.29 is 19.5 Å². The van der Waals surface area contributed by atoms with E-state index in [9.17, 15) is 14.4 Å². The Morgan fingerprint density at radius 2 is 1.29 bits per heavy atom. The molecule has 0 aliphatic heterocycles. The Hall–Kier alpha value is -0.391. The minimum atomic E-state index is -1.47. The number of Topliss-reactive ketones (excluding diaryl/α,β-unsaturated/α-hetero) is 2. The summed E-state index contributed by atoms with van der Waals surface area (Å²) in [5.74, 6) is -4.10. The maximum atomic E-state index is 10.4. The average molecular weight is 407 g/mol. The number of carbonyl (C=O) groups is 3. The molecule has 0 radical (unpaired) electrons. The summed E-state index contributed by atoms with van der Waals surface area (Å²) >= 11 is -0.899. The molecular formula is C16H32O4Sn. The molecule has 1 N–H and O–H groups in total. The summed E-state index contributed by atoms with van der Waals surface area (Å²) in [7, 11) is 0. The predicted octanol–water partition coefficient (Wildman–Crippen LogP) is 3.70. The first-order valence-corrected chi connectivity index (χ1v) is 15.0. The molecule has 0 aliphatic rings. The van der Waals surface area contributed by atoms with E-state index in [-0.39, 0.29) is 0 Å². The first kappa shape index (κ1) is 22.9. The zero-order valence-electron chi connectivity index (χ0n) is 14.3. The van der Waals surface area contributed by atoms with Crippen LogP contribution in [0.3, 0.4) is 0 Å². The van der Waals surface area contributed by atoms with E-state index in [1.165, 1.54) is 25.7 Å². The molecule has 0 atom stereocenters. The summed E-state index contributed by atoms with van der Waals surface area (Å²) in [6.45, 7) is 9.23. The summed E-state index contributed by atoms with van der Waals surface area (Å²) in [6.07, 6.45) is 5.88. The van der Waals surface area contributed by atoms with Gasteiger partial charge in [0.05, 0.1) is 0 Å². The molecule has 0 heterocycles. The fourth-order valence-corrected chi connectivity index (χ4v) is 11.0. The van der Waals surface area contributed by atoms with Gasteiger partial charge in [-0.1, -0.05) is 0 Å². The minimum absolute atomic E-state index is 0.625. The van der Waals surface area contributed by atoms with Gasteiger partial charge in [-0.25, -0.2) is 0 Å². The molecule has 124 valence electrons. The molecule has 0 unspecified atom stereocenters. The third-order valence-electron chi connectivity index (χ3n) is 3.57. The quantitative estimate of drug-likeness (QED) is 0.443. The molecule has 0 aromatic heterocycles. The Bertz CT molecular complexity index is 274. The van der Waals surface area contributed by atoms with Crippen molar-refractivity contribution in [2.24, 2.45) is 5.92 Å². The van der Waals surface area contributed by atoms with Gasteiger partial charge in [0.15, 0.2) is 17.5 Å². The van der Waals surface area contributed by atoms with Crippen LogP contribution in [0.4, 0.5) is 0 Å². The Balaban J connectivity index is 0. The summed E-state index contributed by atoms with van der Waals surface area (Å²) in [5.41, 5.74) is 0. The van der Waals surface area contributed by atoms with Crippen molar-refractivity contribution in [2.45, 2.75) is 73.6 Å². The number of carbonyl (C=O) groups excluding carboxylic acids is 2. The summed E-state index contributed by atoms with van der Waals surface area (Å²) < 4.78 is 4.95. The Morgan fingerprint density at radius 3 is 1.43 bits per heavy atom. The molecule has 0 bridgehead atoms. The van der Waals surface area contributed by atoms with Crippen LogP contribution >= 0.6 is 0 Å². The van der Waals surface area contributed by atoms with Gasteiger partial charge >= 0.3 is 85.5 Å². The van der Waals surface area contributed by atoms with E-state index in [1.54, 1.807) is 13.3 Å². The SMILES string of the molecule is CC(=O)C(C(C)=O)C(=O)O.CCC[CH2][SnH]([CH2]C)[CH2]CCC. The number of carboxylic acids is 1. The van der Waals surface area contributed by atoms with Crippen molar-refractivity contribution in [3.05, 3.63) is 0 Å². The second-order valence-corrected chi connectivity index (χ2v) is 16.1. The molecule has 0 aromatic carbocycles. The molecule has 21 heavy (non-hydrogen) atoms. The van der Waals surface area contributed by atoms with Gasteiger partial charge in [-0.15, -0.1) is 0 Å². The summed E-state index contributed by atoms with van der Waals surface area (Å²) in [6, 6.07) is 0. The van der Waals surface area contributed by atoms with E-state index >= 15 is 0 Å². The topological polar surface area (TPSA) is 71.4 Å². The van der Waals surface area contributed by atoms with Crippen LogP contribution < -0.4 is 0 Å². The number of aliphatic carboxylic acids is 1. The third-order valence-corrected chi connectivity index (χ3v) is 13.9. The number of unbranched alkanes of at least 4 members (excludes halogenated alkanes) is 2. The molecule has 0 spiro atoms. The van der Waals surface area contributed by atoms with Gasteiger partial charge in [-0.3, -0.25) is 14.4 Å². The molecular weight excluding hydrogens is 375 g/mol. The van der Waals surface area contributed by atoms with Gasteiger partial charge in [-0.05, 0) is 13.8 Å². The zero-order valence-corrected chi connectivity index (χ0v) is 17.6. The summed E-state index contributed by atoms with van der Waals surface area (Å²) in [5, 5.41) is 8.27. The van der Waals surface area contributed by atoms with Gasteiger partial charge in [0.25, 0.3) is 0 Å². The molecule has 0 fully saturated rings. The van der Waals surface area contributed by atoms with Crippen LogP contribution in [0.25, 0.3) is 0 Å². The number of rotatable bonds is 10. The number of ketones is 2. The Labute approximate surface area is 136 Å². The van der Waals surface area contributed by atoms with Crippen molar-refractivity contribution in [1.29, 1.82) is 0 Å². The van der Waals surface area contributed by atoms with Crippen LogP contribution in [0.15, 0.2) is 0 Å². The molecule has 0 aromatic rings. The third kappa shape index (κ3) is 13.0. The normalized spacial score (nSPS) is 10.2. The van der Waals surface area contributed by atoms with E-state index in [2.05, 4.69) is 20.8 Å². The second-order valence-electron chi connectivity index (χ2n) is 5.55. The van der Waals surface area contributed by atoms with E-state index in [1.807, 2.05) is 0 Å².